The molecule has 0 radical (unpaired) electrons. The van der Waals surface area contributed by atoms with Gasteiger partial charge in [-0.2, -0.15) is 5.10 Å². The zero-order valence-corrected chi connectivity index (χ0v) is 14.9. The van der Waals surface area contributed by atoms with Crippen molar-refractivity contribution in [3.63, 3.8) is 0 Å². The summed E-state index contributed by atoms with van der Waals surface area (Å²) >= 11 is 0. The molecular formula is C19H23N5O2. The van der Waals surface area contributed by atoms with Crippen molar-refractivity contribution in [2.75, 3.05) is 6.61 Å². The summed E-state index contributed by atoms with van der Waals surface area (Å²) in [5.41, 5.74) is 9.47. The van der Waals surface area contributed by atoms with E-state index >= 15 is 0 Å². The largest absolute Gasteiger partial charge is 0.450 e. The molecule has 0 aliphatic heterocycles. The van der Waals surface area contributed by atoms with Gasteiger partial charge in [-0.05, 0) is 38.3 Å². The lowest BCUT2D eigenvalue weighted by molar-refractivity contribution is 0.154. The predicted molar refractivity (Wildman–Crippen MR) is 99.5 cm³/mol. The van der Waals surface area contributed by atoms with Crippen LogP contribution >= 0.6 is 0 Å². The van der Waals surface area contributed by atoms with E-state index in [2.05, 4.69) is 10.1 Å². The zero-order valence-electron chi connectivity index (χ0n) is 14.9. The number of nitrogens with zero attached hydrogens (tertiary/aromatic N) is 4. The number of carbonyl (C=O) groups is 1. The van der Waals surface area contributed by atoms with Gasteiger partial charge in [0.2, 0.25) is 0 Å². The lowest BCUT2D eigenvalue weighted by Gasteiger charge is -2.05. The summed E-state index contributed by atoms with van der Waals surface area (Å²) < 4.78 is 6.65. The van der Waals surface area contributed by atoms with Crippen LogP contribution in [0.1, 0.15) is 31.4 Å². The molecule has 0 bridgehead atoms. The van der Waals surface area contributed by atoms with Crippen LogP contribution < -0.4 is 5.73 Å². The van der Waals surface area contributed by atoms with Gasteiger partial charge in [-0.3, -0.25) is 4.68 Å². The minimum atomic E-state index is -0.707. The molecule has 1 amide bonds. The quantitative estimate of drug-likeness (QED) is 0.626. The Hall–Kier alpha value is -2.96. The van der Waals surface area contributed by atoms with Gasteiger partial charge in [-0.15, -0.1) is 0 Å². The predicted octanol–water partition coefficient (Wildman–Crippen LogP) is 3.46. The van der Waals surface area contributed by atoms with E-state index in [1.165, 1.54) is 0 Å². The highest BCUT2D eigenvalue weighted by Gasteiger charge is 2.09. The average molecular weight is 353 g/mol. The van der Waals surface area contributed by atoms with E-state index in [0.29, 0.717) is 6.61 Å². The third-order valence-corrected chi connectivity index (χ3v) is 4.18. The maximum atomic E-state index is 10.5. The van der Waals surface area contributed by atoms with E-state index in [4.69, 9.17) is 15.5 Å². The van der Waals surface area contributed by atoms with Crippen LogP contribution in [0.25, 0.3) is 22.3 Å². The first kappa shape index (κ1) is 17.8. The first-order valence-electron chi connectivity index (χ1n) is 8.82. The van der Waals surface area contributed by atoms with Crippen LogP contribution in [0, 0.1) is 6.92 Å². The van der Waals surface area contributed by atoms with Crippen molar-refractivity contribution < 1.29 is 9.53 Å². The Labute approximate surface area is 152 Å². The first-order chi connectivity index (χ1) is 12.6. The molecule has 0 aliphatic carbocycles. The second kappa shape index (κ2) is 8.42. The number of nitrogens with two attached hydrogens (primary N) is 1. The Kier molecular flexibility index (Phi) is 5.78. The van der Waals surface area contributed by atoms with E-state index in [0.717, 1.165) is 60.2 Å². The number of aryl methyl sites for hydroxylation is 2. The Morgan fingerprint density at radius 1 is 1.12 bits per heavy atom. The highest BCUT2D eigenvalue weighted by atomic mass is 16.5. The average Bonchev–Trinajstić information content (AvgIpc) is 3.08. The topological polar surface area (TPSA) is 95.9 Å². The van der Waals surface area contributed by atoms with Gasteiger partial charge in [0.25, 0.3) is 0 Å². The van der Waals surface area contributed by atoms with Crippen LogP contribution in [0.2, 0.25) is 0 Å². The van der Waals surface area contributed by atoms with Crippen LogP contribution in [0.4, 0.5) is 4.79 Å². The molecule has 0 unspecified atom stereocenters. The van der Waals surface area contributed by atoms with Crippen molar-refractivity contribution in [2.24, 2.45) is 5.73 Å². The molecule has 0 aliphatic rings. The van der Waals surface area contributed by atoms with Crippen molar-refractivity contribution in [3.05, 3.63) is 42.4 Å². The molecule has 136 valence electrons. The number of para-hydroxylation sites is 2. The fraction of sp³-hybridized carbons (Fsp3) is 0.368. The van der Waals surface area contributed by atoms with Crippen LogP contribution in [-0.4, -0.2) is 32.4 Å². The smallest absolute Gasteiger partial charge is 0.404 e. The number of aromatic nitrogens is 4. The number of ether oxygens (including phenoxy) is 1. The van der Waals surface area contributed by atoms with Gasteiger partial charge in [0, 0.05) is 18.3 Å². The Morgan fingerprint density at radius 3 is 2.62 bits per heavy atom. The van der Waals surface area contributed by atoms with Gasteiger partial charge in [-0.25, -0.2) is 14.8 Å². The molecule has 26 heavy (non-hydrogen) atoms. The molecule has 7 heteroatoms. The molecular weight excluding hydrogens is 330 g/mol. The van der Waals surface area contributed by atoms with E-state index in [1.54, 1.807) is 0 Å². The van der Waals surface area contributed by atoms with E-state index in [9.17, 15) is 4.79 Å². The Balaban J connectivity index is 1.55. The molecule has 3 aromatic rings. The number of unbranched alkanes of at least 4 members (excludes halogenated alkanes) is 3. The molecule has 0 saturated heterocycles. The third kappa shape index (κ3) is 4.56. The molecule has 0 spiro atoms. The van der Waals surface area contributed by atoms with Crippen LogP contribution in [-0.2, 0) is 11.3 Å². The minimum Gasteiger partial charge on any atom is -0.450 e. The number of hydrogen-bond acceptors (Lipinski definition) is 5. The lowest BCUT2D eigenvalue weighted by atomic mass is 10.2. The summed E-state index contributed by atoms with van der Waals surface area (Å²) in [6, 6.07) is 7.87. The number of carbonyl (C=O) groups excluding carboxylic acids is 1. The monoisotopic (exact) mass is 353 g/mol. The van der Waals surface area contributed by atoms with E-state index in [-0.39, 0.29) is 0 Å². The number of hydrogen-bond donors (Lipinski definition) is 1. The maximum absolute atomic E-state index is 10.5. The molecule has 3 rings (SSSR count). The van der Waals surface area contributed by atoms with Crippen LogP contribution in [0.15, 0.2) is 36.7 Å². The molecule has 0 atom stereocenters. The zero-order chi connectivity index (χ0) is 18.4. The van der Waals surface area contributed by atoms with Gasteiger partial charge >= 0.3 is 6.09 Å². The molecule has 2 aromatic heterocycles. The summed E-state index contributed by atoms with van der Waals surface area (Å²) in [4.78, 5) is 19.8. The number of fused-ring (bicyclic) bond motifs is 1. The number of rotatable bonds is 8. The van der Waals surface area contributed by atoms with E-state index in [1.807, 2.05) is 48.3 Å². The SMILES string of the molecule is Cc1nc2ccccc2nc1-c1cnn(CCCCCCOC(N)=O)c1. The lowest BCUT2D eigenvalue weighted by Crippen LogP contribution is -2.13. The number of benzene rings is 1. The van der Waals surface area contributed by atoms with Crippen LogP contribution in [0.5, 0.6) is 0 Å². The molecule has 1 aromatic carbocycles. The highest BCUT2D eigenvalue weighted by molar-refractivity contribution is 5.78. The molecule has 7 nitrogen and oxygen atoms in total. The van der Waals surface area contributed by atoms with Gasteiger partial charge in [0.1, 0.15) is 0 Å². The molecule has 0 fully saturated rings. The molecule has 0 saturated carbocycles. The summed E-state index contributed by atoms with van der Waals surface area (Å²) in [5, 5.41) is 4.43. The van der Waals surface area contributed by atoms with Gasteiger partial charge in [0.15, 0.2) is 0 Å². The summed E-state index contributed by atoms with van der Waals surface area (Å²) in [7, 11) is 0. The van der Waals surface area contributed by atoms with Crippen molar-refractivity contribution in [3.8, 4) is 11.3 Å². The van der Waals surface area contributed by atoms with Gasteiger partial charge in [0.05, 0.1) is 35.2 Å². The summed E-state index contributed by atoms with van der Waals surface area (Å²) in [6.45, 7) is 3.21. The Morgan fingerprint density at radius 2 is 1.85 bits per heavy atom. The standard InChI is InChI=1S/C19H23N5O2/c1-14-18(23-17-9-5-4-8-16(17)22-14)15-12-21-24(13-15)10-6-2-3-7-11-26-19(20)25/h4-5,8-9,12-13H,2-3,6-7,10-11H2,1H3,(H2,20,25). The summed E-state index contributed by atoms with van der Waals surface area (Å²) in [5.74, 6) is 0. The first-order valence-corrected chi connectivity index (χ1v) is 8.82. The molecule has 2 heterocycles. The summed E-state index contributed by atoms with van der Waals surface area (Å²) in [6.07, 6.45) is 7.04. The Bertz CT molecular complexity index is 891. The van der Waals surface area contributed by atoms with Crippen LogP contribution in [0.3, 0.4) is 0 Å². The van der Waals surface area contributed by atoms with Gasteiger partial charge in [-0.1, -0.05) is 18.6 Å². The maximum Gasteiger partial charge on any atom is 0.404 e. The fourth-order valence-electron chi connectivity index (χ4n) is 2.87. The van der Waals surface area contributed by atoms with Crippen molar-refractivity contribution in [2.45, 2.75) is 39.2 Å². The normalized spacial score (nSPS) is 11.0. The second-order valence-electron chi connectivity index (χ2n) is 6.22. The highest BCUT2D eigenvalue weighted by Crippen LogP contribution is 2.22. The van der Waals surface area contributed by atoms with Crippen molar-refractivity contribution in [1.29, 1.82) is 0 Å². The molecule has 2 N–H and O–H groups in total. The minimum absolute atomic E-state index is 0.390. The van der Waals surface area contributed by atoms with E-state index < -0.39 is 6.09 Å². The van der Waals surface area contributed by atoms with Crippen molar-refractivity contribution in [1.82, 2.24) is 19.7 Å². The fourth-order valence-corrected chi connectivity index (χ4v) is 2.87. The number of amides is 1. The number of primary amides is 1. The van der Waals surface area contributed by atoms with Gasteiger partial charge < -0.3 is 10.5 Å². The van der Waals surface area contributed by atoms with Crippen molar-refractivity contribution >= 4 is 17.1 Å². The second-order valence-corrected chi connectivity index (χ2v) is 6.22. The third-order valence-electron chi connectivity index (χ3n) is 4.18.